The third kappa shape index (κ3) is 3.15. The highest BCUT2D eigenvalue weighted by molar-refractivity contribution is 5.81. The molecule has 3 heterocycles. The Morgan fingerprint density at radius 2 is 2.00 bits per heavy atom. The molecule has 1 fully saturated rings. The van der Waals surface area contributed by atoms with Gasteiger partial charge in [0.2, 0.25) is 0 Å². The summed E-state index contributed by atoms with van der Waals surface area (Å²) in [6, 6.07) is 9.55. The standard InChI is InChI=1S/C18H22N6O3/c1-23(7-11-5-3-2-4-6-11)14-12(8-25)27-18(15(14)26)24-10-22-13-16(19)20-9-21-17(13)24/h2-6,9-10,12,14-15,18,25-26H,7-8H2,1H3,(H2,19,20,21)/t12-,14-,15-,18-/m1/s1. The molecule has 27 heavy (non-hydrogen) atoms. The summed E-state index contributed by atoms with van der Waals surface area (Å²) in [7, 11) is 1.90. The molecule has 4 N–H and O–H groups in total. The van der Waals surface area contributed by atoms with E-state index in [-0.39, 0.29) is 12.4 Å². The summed E-state index contributed by atoms with van der Waals surface area (Å²) in [4.78, 5) is 14.4. The lowest BCUT2D eigenvalue weighted by Crippen LogP contribution is -2.46. The van der Waals surface area contributed by atoms with Crippen LogP contribution >= 0.6 is 0 Å². The van der Waals surface area contributed by atoms with Gasteiger partial charge in [-0.2, -0.15) is 0 Å². The SMILES string of the molecule is CN(Cc1ccccc1)[C@H]1[C@@H](O)[C@H](n2cnc3c(N)ncnc32)O[C@@H]1CO. The van der Waals surface area contributed by atoms with Crippen LogP contribution in [0.1, 0.15) is 11.8 Å². The number of aliphatic hydroxyl groups excluding tert-OH is 2. The van der Waals surface area contributed by atoms with Crippen LogP contribution in [0, 0.1) is 0 Å². The first-order valence-electron chi connectivity index (χ1n) is 8.71. The maximum absolute atomic E-state index is 11.0. The van der Waals surface area contributed by atoms with E-state index in [0.717, 1.165) is 5.56 Å². The second-order valence-electron chi connectivity index (χ2n) is 6.71. The number of fused-ring (bicyclic) bond motifs is 1. The number of ether oxygens (including phenoxy) is 1. The van der Waals surface area contributed by atoms with E-state index in [4.69, 9.17) is 10.5 Å². The van der Waals surface area contributed by atoms with Gasteiger partial charge in [0.05, 0.1) is 19.0 Å². The molecule has 9 nitrogen and oxygen atoms in total. The first-order valence-corrected chi connectivity index (χ1v) is 8.71. The Bertz CT molecular complexity index is 918. The van der Waals surface area contributed by atoms with Crippen molar-refractivity contribution in [2.75, 3.05) is 19.4 Å². The fourth-order valence-corrected chi connectivity index (χ4v) is 3.69. The van der Waals surface area contributed by atoms with Gasteiger partial charge in [0, 0.05) is 6.54 Å². The van der Waals surface area contributed by atoms with Crippen molar-refractivity contribution in [2.24, 2.45) is 0 Å². The van der Waals surface area contributed by atoms with E-state index in [9.17, 15) is 10.2 Å². The van der Waals surface area contributed by atoms with E-state index in [1.165, 1.54) is 12.7 Å². The van der Waals surface area contributed by atoms with Crippen molar-refractivity contribution < 1.29 is 14.9 Å². The number of likely N-dealkylation sites (N-methyl/N-ethyl adjacent to an activating group) is 1. The van der Waals surface area contributed by atoms with Crippen molar-refractivity contribution in [3.05, 3.63) is 48.5 Å². The smallest absolute Gasteiger partial charge is 0.167 e. The predicted octanol–water partition coefficient (Wildman–Crippen LogP) is 0.160. The van der Waals surface area contributed by atoms with Crippen molar-refractivity contribution in [3.63, 3.8) is 0 Å². The minimum atomic E-state index is -0.885. The Hall–Kier alpha value is -2.59. The van der Waals surface area contributed by atoms with Crippen LogP contribution in [0.5, 0.6) is 0 Å². The maximum Gasteiger partial charge on any atom is 0.167 e. The van der Waals surface area contributed by atoms with E-state index in [2.05, 4.69) is 15.0 Å². The number of nitrogen functional groups attached to an aromatic ring is 1. The van der Waals surface area contributed by atoms with Crippen LogP contribution in [0.4, 0.5) is 5.82 Å². The molecule has 1 aliphatic heterocycles. The molecule has 2 aromatic heterocycles. The summed E-state index contributed by atoms with van der Waals surface area (Å²) >= 11 is 0. The third-order valence-corrected chi connectivity index (χ3v) is 4.96. The van der Waals surface area contributed by atoms with Crippen LogP contribution in [0.2, 0.25) is 0 Å². The second kappa shape index (κ2) is 7.20. The molecule has 0 amide bonds. The molecular weight excluding hydrogens is 348 g/mol. The van der Waals surface area contributed by atoms with Gasteiger partial charge in [-0.3, -0.25) is 9.47 Å². The average molecular weight is 370 g/mol. The topological polar surface area (TPSA) is 123 Å². The lowest BCUT2D eigenvalue weighted by atomic mass is 10.0. The summed E-state index contributed by atoms with van der Waals surface area (Å²) in [6.07, 6.45) is 0.710. The van der Waals surface area contributed by atoms with Crippen LogP contribution in [-0.2, 0) is 11.3 Å². The molecule has 142 valence electrons. The number of hydrogen-bond donors (Lipinski definition) is 3. The van der Waals surface area contributed by atoms with Crippen molar-refractivity contribution in [1.82, 2.24) is 24.4 Å². The van der Waals surface area contributed by atoms with Gasteiger partial charge in [-0.05, 0) is 12.6 Å². The molecule has 9 heteroatoms. The van der Waals surface area contributed by atoms with Crippen LogP contribution < -0.4 is 5.73 Å². The fourth-order valence-electron chi connectivity index (χ4n) is 3.69. The van der Waals surface area contributed by atoms with E-state index < -0.39 is 24.5 Å². The molecule has 1 aromatic carbocycles. The van der Waals surface area contributed by atoms with E-state index in [1.54, 1.807) is 4.57 Å². The number of aromatic nitrogens is 4. The monoisotopic (exact) mass is 370 g/mol. The zero-order chi connectivity index (χ0) is 19.0. The van der Waals surface area contributed by atoms with Crippen molar-refractivity contribution in [2.45, 2.75) is 31.0 Å². The number of imidazole rings is 1. The van der Waals surface area contributed by atoms with Gasteiger partial charge >= 0.3 is 0 Å². The highest BCUT2D eigenvalue weighted by Crippen LogP contribution is 2.34. The lowest BCUT2D eigenvalue weighted by molar-refractivity contribution is -0.0497. The molecule has 3 aromatic rings. The lowest BCUT2D eigenvalue weighted by Gasteiger charge is -2.29. The summed E-state index contributed by atoms with van der Waals surface area (Å²) in [5.41, 5.74) is 7.89. The zero-order valence-electron chi connectivity index (χ0n) is 14.9. The van der Waals surface area contributed by atoms with Crippen LogP contribution in [0.3, 0.4) is 0 Å². The summed E-state index contributed by atoms with van der Waals surface area (Å²) < 4.78 is 7.60. The zero-order valence-corrected chi connectivity index (χ0v) is 14.9. The first kappa shape index (κ1) is 17.8. The van der Waals surface area contributed by atoms with Crippen LogP contribution in [-0.4, -0.2) is 66.5 Å². The van der Waals surface area contributed by atoms with Gasteiger partial charge in [0.1, 0.15) is 24.1 Å². The quantitative estimate of drug-likeness (QED) is 0.580. The predicted molar refractivity (Wildman–Crippen MR) is 98.4 cm³/mol. The molecule has 1 aliphatic rings. The molecule has 0 unspecified atom stereocenters. The number of benzene rings is 1. The van der Waals surface area contributed by atoms with Crippen molar-refractivity contribution >= 4 is 17.0 Å². The molecule has 0 radical (unpaired) electrons. The Morgan fingerprint density at radius 1 is 1.22 bits per heavy atom. The number of rotatable bonds is 5. The van der Waals surface area contributed by atoms with Crippen molar-refractivity contribution in [1.29, 1.82) is 0 Å². The molecule has 0 bridgehead atoms. The number of nitrogens with two attached hydrogens (primary N) is 1. The maximum atomic E-state index is 11.0. The third-order valence-electron chi connectivity index (χ3n) is 4.96. The van der Waals surface area contributed by atoms with Crippen LogP contribution in [0.15, 0.2) is 43.0 Å². The first-order chi connectivity index (χ1) is 13.1. The van der Waals surface area contributed by atoms with Gasteiger partial charge in [-0.25, -0.2) is 15.0 Å². The molecule has 4 rings (SSSR count). The Labute approximate surface area is 156 Å². The van der Waals surface area contributed by atoms with Gasteiger partial charge < -0.3 is 20.7 Å². The van der Waals surface area contributed by atoms with Crippen molar-refractivity contribution in [3.8, 4) is 0 Å². The second-order valence-corrected chi connectivity index (χ2v) is 6.71. The molecule has 0 saturated carbocycles. The van der Waals surface area contributed by atoms with E-state index in [1.807, 2.05) is 42.3 Å². The summed E-state index contributed by atoms with van der Waals surface area (Å²) in [6.45, 7) is 0.413. The highest BCUT2D eigenvalue weighted by Gasteiger charge is 2.46. The Balaban J connectivity index is 1.62. The minimum absolute atomic E-state index is 0.207. The Kier molecular flexibility index (Phi) is 4.75. The van der Waals surface area contributed by atoms with Gasteiger partial charge in [0.15, 0.2) is 17.7 Å². The van der Waals surface area contributed by atoms with Gasteiger partial charge in [-0.1, -0.05) is 30.3 Å². The normalized spacial score (nSPS) is 25.5. The Morgan fingerprint density at radius 3 is 2.74 bits per heavy atom. The van der Waals surface area contributed by atoms with Crippen LogP contribution in [0.25, 0.3) is 11.2 Å². The number of anilines is 1. The number of nitrogens with zero attached hydrogens (tertiary/aromatic N) is 5. The fraction of sp³-hybridized carbons (Fsp3) is 0.389. The van der Waals surface area contributed by atoms with E-state index >= 15 is 0 Å². The van der Waals surface area contributed by atoms with Gasteiger partial charge in [-0.15, -0.1) is 0 Å². The minimum Gasteiger partial charge on any atom is -0.394 e. The largest absolute Gasteiger partial charge is 0.394 e. The molecular formula is C18H22N6O3. The highest BCUT2D eigenvalue weighted by atomic mass is 16.5. The summed E-state index contributed by atoms with van der Waals surface area (Å²) in [5.74, 6) is 0.266. The molecule has 4 atom stereocenters. The molecule has 0 spiro atoms. The van der Waals surface area contributed by atoms with E-state index in [0.29, 0.717) is 17.7 Å². The summed E-state index contributed by atoms with van der Waals surface area (Å²) in [5, 5.41) is 20.8. The molecule has 0 aliphatic carbocycles. The number of aliphatic hydroxyl groups is 2. The van der Waals surface area contributed by atoms with Gasteiger partial charge in [0.25, 0.3) is 0 Å². The average Bonchev–Trinajstić information content (AvgIpc) is 3.24. The molecule has 1 saturated heterocycles. The number of hydrogen-bond acceptors (Lipinski definition) is 8.